The Bertz CT molecular complexity index is 893. The number of hydrogen-bond acceptors (Lipinski definition) is 4. The third kappa shape index (κ3) is 6.89. The fourth-order valence-electron chi connectivity index (χ4n) is 2.71. The topological polar surface area (TPSA) is 43.4 Å². The summed E-state index contributed by atoms with van der Waals surface area (Å²) in [7, 11) is 0. The molecule has 154 valence electrons. The van der Waals surface area contributed by atoms with Crippen molar-refractivity contribution < 1.29 is 13.9 Å². The van der Waals surface area contributed by atoms with Crippen molar-refractivity contribution in [2.45, 2.75) is 26.6 Å². The summed E-state index contributed by atoms with van der Waals surface area (Å²) < 4.78 is 24.6. The fraction of sp³-hybridized carbons (Fsp3) is 0.227. The largest absolute Gasteiger partial charge is 0.490 e. The third-order valence-electron chi connectivity index (χ3n) is 4.07. The summed E-state index contributed by atoms with van der Waals surface area (Å²) in [6.45, 7) is 4.05. The Kier molecular flexibility index (Phi) is 9.19. The Hall–Kier alpha value is -2.34. The molecule has 0 aliphatic rings. The van der Waals surface area contributed by atoms with Crippen molar-refractivity contribution in [2.75, 3.05) is 6.61 Å². The molecular formula is C22H23Cl2FN2O2. The van der Waals surface area contributed by atoms with Crippen molar-refractivity contribution in [1.29, 1.82) is 0 Å². The Balaban J connectivity index is 0.00000300. The van der Waals surface area contributed by atoms with E-state index in [1.54, 1.807) is 24.5 Å². The summed E-state index contributed by atoms with van der Waals surface area (Å²) >= 11 is 6.46. The molecular weight excluding hydrogens is 414 g/mol. The van der Waals surface area contributed by atoms with Gasteiger partial charge in [0.1, 0.15) is 12.4 Å². The minimum atomic E-state index is -0.277. The lowest BCUT2D eigenvalue weighted by atomic mass is 10.2. The summed E-state index contributed by atoms with van der Waals surface area (Å²) in [6, 6.07) is 13.9. The molecule has 2 aromatic carbocycles. The number of halogens is 3. The van der Waals surface area contributed by atoms with Gasteiger partial charge in [0.25, 0.3) is 0 Å². The van der Waals surface area contributed by atoms with Crippen LogP contribution in [0, 0.1) is 5.82 Å². The maximum atomic E-state index is 13.0. The number of benzene rings is 2. The van der Waals surface area contributed by atoms with Crippen LogP contribution in [0.4, 0.5) is 4.39 Å². The van der Waals surface area contributed by atoms with E-state index < -0.39 is 0 Å². The highest BCUT2D eigenvalue weighted by molar-refractivity contribution is 6.32. The van der Waals surface area contributed by atoms with Gasteiger partial charge in [0.15, 0.2) is 11.5 Å². The third-order valence-corrected chi connectivity index (χ3v) is 4.35. The maximum absolute atomic E-state index is 13.0. The quantitative estimate of drug-likeness (QED) is 0.476. The van der Waals surface area contributed by atoms with Gasteiger partial charge in [0.05, 0.1) is 11.6 Å². The summed E-state index contributed by atoms with van der Waals surface area (Å²) in [5.74, 6) is 0.809. The standard InChI is InChI=1S/C22H22ClFN2O2.ClH/c1-2-27-21-12-18(14-26-13-16-7-9-25-10-8-16)11-20(23)22(21)28-15-17-3-5-19(24)6-4-17;/h3-12,26H,2,13-15H2,1H3;1H. The fourth-order valence-corrected chi connectivity index (χ4v) is 3.00. The molecule has 1 aromatic heterocycles. The van der Waals surface area contributed by atoms with Gasteiger partial charge in [-0.05, 0) is 60.0 Å². The van der Waals surface area contributed by atoms with Crippen LogP contribution >= 0.6 is 24.0 Å². The molecule has 0 unspecified atom stereocenters. The molecule has 0 aliphatic heterocycles. The Morgan fingerprint density at radius 3 is 2.31 bits per heavy atom. The van der Waals surface area contributed by atoms with Gasteiger partial charge in [0, 0.05) is 25.5 Å². The molecule has 0 bridgehead atoms. The molecule has 3 aromatic rings. The summed E-state index contributed by atoms with van der Waals surface area (Å²) in [5.41, 5.74) is 3.00. The highest BCUT2D eigenvalue weighted by atomic mass is 35.5. The number of pyridine rings is 1. The molecule has 3 rings (SSSR count). The first kappa shape index (κ1) is 22.9. The van der Waals surface area contributed by atoms with Crippen molar-refractivity contribution in [3.63, 3.8) is 0 Å². The molecule has 0 spiro atoms. The number of aromatic nitrogens is 1. The van der Waals surface area contributed by atoms with E-state index >= 15 is 0 Å². The molecule has 1 heterocycles. The molecule has 0 atom stereocenters. The van der Waals surface area contributed by atoms with E-state index in [-0.39, 0.29) is 24.8 Å². The van der Waals surface area contributed by atoms with Gasteiger partial charge < -0.3 is 14.8 Å². The first-order valence-corrected chi connectivity index (χ1v) is 9.45. The maximum Gasteiger partial charge on any atom is 0.180 e. The smallest absolute Gasteiger partial charge is 0.180 e. The van der Waals surface area contributed by atoms with Crippen LogP contribution in [-0.4, -0.2) is 11.6 Å². The zero-order valence-corrected chi connectivity index (χ0v) is 17.6. The Morgan fingerprint density at radius 2 is 1.62 bits per heavy atom. The summed E-state index contributed by atoms with van der Waals surface area (Å²) in [5, 5.41) is 3.86. The predicted molar refractivity (Wildman–Crippen MR) is 115 cm³/mol. The van der Waals surface area contributed by atoms with E-state index in [2.05, 4.69) is 10.3 Å². The van der Waals surface area contributed by atoms with Crippen molar-refractivity contribution in [3.05, 3.63) is 88.5 Å². The van der Waals surface area contributed by atoms with Gasteiger partial charge in [-0.25, -0.2) is 4.39 Å². The van der Waals surface area contributed by atoms with E-state index in [1.165, 1.54) is 12.1 Å². The Morgan fingerprint density at radius 1 is 0.931 bits per heavy atom. The van der Waals surface area contributed by atoms with E-state index in [0.717, 1.165) is 23.2 Å². The lowest BCUT2D eigenvalue weighted by Crippen LogP contribution is -2.13. The van der Waals surface area contributed by atoms with Crippen LogP contribution in [0.5, 0.6) is 11.5 Å². The monoisotopic (exact) mass is 436 g/mol. The van der Waals surface area contributed by atoms with Crippen molar-refractivity contribution in [1.82, 2.24) is 10.3 Å². The lowest BCUT2D eigenvalue weighted by Gasteiger charge is -2.16. The molecule has 0 amide bonds. The van der Waals surface area contributed by atoms with Gasteiger partial charge in [-0.1, -0.05) is 23.7 Å². The van der Waals surface area contributed by atoms with E-state index in [0.29, 0.717) is 29.7 Å². The number of hydrogen-bond donors (Lipinski definition) is 1. The average Bonchev–Trinajstić information content (AvgIpc) is 2.70. The molecule has 0 aliphatic carbocycles. The molecule has 0 saturated carbocycles. The van der Waals surface area contributed by atoms with Gasteiger partial charge in [-0.3, -0.25) is 4.98 Å². The van der Waals surface area contributed by atoms with E-state index in [4.69, 9.17) is 21.1 Å². The van der Waals surface area contributed by atoms with Crippen molar-refractivity contribution in [2.24, 2.45) is 0 Å². The van der Waals surface area contributed by atoms with Gasteiger partial charge in [-0.15, -0.1) is 12.4 Å². The van der Waals surface area contributed by atoms with Crippen molar-refractivity contribution in [3.8, 4) is 11.5 Å². The van der Waals surface area contributed by atoms with Crippen LogP contribution < -0.4 is 14.8 Å². The van der Waals surface area contributed by atoms with Crippen LogP contribution in [0.15, 0.2) is 60.9 Å². The molecule has 0 saturated heterocycles. The first-order valence-electron chi connectivity index (χ1n) is 9.07. The van der Waals surface area contributed by atoms with Crippen LogP contribution in [0.2, 0.25) is 5.02 Å². The van der Waals surface area contributed by atoms with Crippen LogP contribution in [0.3, 0.4) is 0 Å². The zero-order chi connectivity index (χ0) is 19.8. The summed E-state index contributed by atoms with van der Waals surface area (Å²) in [4.78, 5) is 4.01. The minimum Gasteiger partial charge on any atom is -0.490 e. The SMILES string of the molecule is CCOc1cc(CNCc2ccncc2)cc(Cl)c1OCc1ccc(F)cc1.Cl. The highest BCUT2D eigenvalue weighted by Gasteiger charge is 2.13. The summed E-state index contributed by atoms with van der Waals surface area (Å²) in [6.07, 6.45) is 3.54. The molecule has 1 N–H and O–H groups in total. The second kappa shape index (κ2) is 11.6. The highest BCUT2D eigenvalue weighted by Crippen LogP contribution is 2.37. The normalized spacial score (nSPS) is 10.3. The molecule has 7 heteroatoms. The molecule has 4 nitrogen and oxygen atoms in total. The van der Waals surface area contributed by atoms with Gasteiger partial charge >= 0.3 is 0 Å². The number of rotatable bonds is 9. The van der Waals surface area contributed by atoms with Crippen molar-refractivity contribution >= 4 is 24.0 Å². The lowest BCUT2D eigenvalue weighted by molar-refractivity contribution is 0.269. The minimum absolute atomic E-state index is 0. The number of nitrogens with one attached hydrogen (secondary N) is 1. The van der Waals surface area contributed by atoms with E-state index in [9.17, 15) is 4.39 Å². The van der Waals surface area contributed by atoms with Gasteiger partial charge in [-0.2, -0.15) is 0 Å². The van der Waals surface area contributed by atoms with Crippen LogP contribution in [-0.2, 0) is 19.7 Å². The Labute approximate surface area is 181 Å². The molecule has 0 radical (unpaired) electrons. The second-order valence-corrected chi connectivity index (χ2v) is 6.62. The average molecular weight is 437 g/mol. The number of nitrogens with zero attached hydrogens (tertiary/aromatic N) is 1. The van der Waals surface area contributed by atoms with Crippen LogP contribution in [0.1, 0.15) is 23.6 Å². The second-order valence-electron chi connectivity index (χ2n) is 6.21. The molecule has 29 heavy (non-hydrogen) atoms. The predicted octanol–water partition coefficient (Wildman–Crippen LogP) is 5.56. The van der Waals surface area contributed by atoms with E-state index in [1.807, 2.05) is 31.2 Å². The zero-order valence-electron chi connectivity index (χ0n) is 16.0. The molecule has 0 fully saturated rings. The van der Waals surface area contributed by atoms with Crippen LogP contribution in [0.25, 0.3) is 0 Å². The number of ether oxygens (including phenoxy) is 2. The first-order chi connectivity index (χ1) is 13.7. The van der Waals surface area contributed by atoms with Gasteiger partial charge in [0.2, 0.25) is 0 Å².